The van der Waals surface area contributed by atoms with Gasteiger partial charge in [0.25, 0.3) is 0 Å². The Hall–Kier alpha value is -2.11. The summed E-state index contributed by atoms with van der Waals surface area (Å²) in [5, 5.41) is 4.29. The summed E-state index contributed by atoms with van der Waals surface area (Å²) in [7, 11) is 5.95. The van der Waals surface area contributed by atoms with Gasteiger partial charge in [-0.25, -0.2) is 4.98 Å². The molecule has 3 heterocycles. The molecule has 0 radical (unpaired) electrons. The topological polar surface area (TPSA) is 50.1 Å². The first-order valence-electron chi connectivity index (χ1n) is 7.38. The van der Waals surface area contributed by atoms with Crippen molar-refractivity contribution in [1.29, 1.82) is 0 Å². The van der Waals surface area contributed by atoms with E-state index in [-0.39, 0.29) is 0 Å². The number of anilines is 2. The normalized spacial score (nSPS) is 18.8. The van der Waals surface area contributed by atoms with E-state index < -0.39 is 0 Å². The van der Waals surface area contributed by atoms with Crippen molar-refractivity contribution in [2.45, 2.75) is 18.8 Å². The first kappa shape index (κ1) is 13.9. The average molecular weight is 286 g/mol. The van der Waals surface area contributed by atoms with E-state index in [9.17, 15) is 0 Å². The molecule has 2 aromatic heterocycles. The number of hydrogen-bond donors (Lipinski definition) is 0. The van der Waals surface area contributed by atoms with Crippen molar-refractivity contribution >= 4 is 11.8 Å². The summed E-state index contributed by atoms with van der Waals surface area (Å²) in [5.74, 6) is 2.29. The van der Waals surface area contributed by atoms with E-state index in [1.165, 1.54) is 18.5 Å². The van der Waals surface area contributed by atoms with E-state index in [1.807, 2.05) is 49.2 Å². The molecule has 21 heavy (non-hydrogen) atoms. The van der Waals surface area contributed by atoms with Crippen LogP contribution in [-0.2, 0) is 7.05 Å². The van der Waals surface area contributed by atoms with Gasteiger partial charge in [-0.1, -0.05) is 0 Å². The molecule has 0 N–H and O–H groups in total. The fraction of sp³-hybridized carbons (Fsp3) is 0.533. The zero-order chi connectivity index (χ0) is 14.8. The second kappa shape index (κ2) is 5.71. The van der Waals surface area contributed by atoms with E-state index in [0.717, 1.165) is 24.9 Å². The van der Waals surface area contributed by atoms with Gasteiger partial charge in [-0.15, -0.1) is 0 Å². The van der Waals surface area contributed by atoms with E-state index >= 15 is 0 Å². The maximum atomic E-state index is 4.65. The van der Waals surface area contributed by atoms with Crippen LogP contribution in [0.1, 0.15) is 24.5 Å². The Morgan fingerprint density at radius 3 is 2.81 bits per heavy atom. The molecule has 3 rings (SSSR count). The second-order valence-corrected chi connectivity index (χ2v) is 5.77. The molecule has 0 spiro atoms. The minimum atomic E-state index is 0.518. The first-order valence-corrected chi connectivity index (χ1v) is 7.38. The van der Waals surface area contributed by atoms with Gasteiger partial charge in [0.1, 0.15) is 5.82 Å². The van der Waals surface area contributed by atoms with E-state index in [4.69, 9.17) is 0 Å². The molecule has 1 atom stereocenters. The molecule has 2 aromatic rings. The summed E-state index contributed by atoms with van der Waals surface area (Å²) in [6.07, 6.45) is 6.10. The maximum Gasteiger partial charge on any atom is 0.226 e. The molecule has 112 valence electrons. The molecule has 6 nitrogen and oxygen atoms in total. The zero-order valence-electron chi connectivity index (χ0n) is 12.9. The number of hydrogen-bond acceptors (Lipinski definition) is 5. The predicted octanol–water partition coefficient (Wildman–Crippen LogP) is 1.66. The third-order valence-corrected chi connectivity index (χ3v) is 4.05. The molecule has 1 saturated heterocycles. The summed E-state index contributed by atoms with van der Waals surface area (Å²) < 4.78 is 1.99. The van der Waals surface area contributed by atoms with Crippen LogP contribution in [0.4, 0.5) is 11.8 Å². The van der Waals surface area contributed by atoms with E-state index in [0.29, 0.717) is 5.92 Å². The number of rotatable bonds is 3. The lowest BCUT2D eigenvalue weighted by atomic mass is 9.95. The molecule has 0 aliphatic carbocycles. The Kier molecular flexibility index (Phi) is 3.77. The Bertz CT molecular complexity index is 606. The number of aromatic nitrogens is 4. The molecule has 0 aromatic carbocycles. The molecule has 1 aliphatic heterocycles. The van der Waals surface area contributed by atoms with Crippen LogP contribution in [-0.4, -0.2) is 46.9 Å². The van der Waals surface area contributed by atoms with Crippen LogP contribution >= 0.6 is 0 Å². The maximum absolute atomic E-state index is 4.65. The minimum absolute atomic E-state index is 0.518. The van der Waals surface area contributed by atoms with Crippen LogP contribution in [0.2, 0.25) is 0 Å². The Morgan fingerprint density at radius 1 is 1.24 bits per heavy atom. The van der Waals surface area contributed by atoms with Gasteiger partial charge in [-0.3, -0.25) is 4.68 Å². The van der Waals surface area contributed by atoms with Gasteiger partial charge in [0.15, 0.2) is 0 Å². The smallest absolute Gasteiger partial charge is 0.226 e. The fourth-order valence-electron chi connectivity index (χ4n) is 2.94. The van der Waals surface area contributed by atoms with Crippen LogP contribution in [0.25, 0.3) is 0 Å². The van der Waals surface area contributed by atoms with Crippen molar-refractivity contribution < 1.29 is 0 Å². The Morgan fingerprint density at radius 2 is 2.10 bits per heavy atom. The van der Waals surface area contributed by atoms with Gasteiger partial charge >= 0.3 is 0 Å². The molecule has 1 fully saturated rings. The summed E-state index contributed by atoms with van der Waals surface area (Å²) in [6, 6.07) is 4.12. The Labute approximate surface area is 125 Å². The number of piperidine rings is 1. The molecule has 0 bridgehead atoms. The van der Waals surface area contributed by atoms with Crippen molar-refractivity contribution in [3.63, 3.8) is 0 Å². The molecular formula is C15H22N6. The quantitative estimate of drug-likeness (QED) is 0.859. The zero-order valence-corrected chi connectivity index (χ0v) is 12.9. The summed E-state index contributed by atoms with van der Waals surface area (Å²) >= 11 is 0. The summed E-state index contributed by atoms with van der Waals surface area (Å²) in [6.45, 7) is 2.04. The standard InChI is InChI=1S/C15H22N6/c1-19(2)15-16-8-7-14(18-15)21-10-4-5-12(11-21)13-6-9-17-20(13)3/h6-9,12H,4-5,10-11H2,1-3H3. The van der Waals surface area contributed by atoms with Crippen molar-refractivity contribution in [2.24, 2.45) is 7.05 Å². The lowest BCUT2D eigenvalue weighted by Crippen LogP contribution is -2.35. The molecule has 0 amide bonds. The third-order valence-electron chi connectivity index (χ3n) is 4.05. The lowest BCUT2D eigenvalue weighted by Gasteiger charge is -2.33. The largest absolute Gasteiger partial charge is 0.356 e. The fourth-order valence-corrected chi connectivity index (χ4v) is 2.94. The predicted molar refractivity (Wildman–Crippen MR) is 83.8 cm³/mol. The first-order chi connectivity index (χ1) is 10.1. The van der Waals surface area contributed by atoms with Crippen LogP contribution in [0.5, 0.6) is 0 Å². The molecule has 6 heteroatoms. The number of nitrogens with zero attached hydrogens (tertiary/aromatic N) is 6. The van der Waals surface area contributed by atoms with Crippen molar-refractivity contribution in [1.82, 2.24) is 19.7 Å². The van der Waals surface area contributed by atoms with Crippen molar-refractivity contribution in [3.8, 4) is 0 Å². The van der Waals surface area contributed by atoms with Crippen LogP contribution < -0.4 is 9.80 Å². The highest BCUT2D eigenvalue weighted by Gasteiger charge is 2.24. The molecular weight excluding hydrogens is 264 g/mol. The van der Waals surface area contributed by atoms with Gasteiger partial charge in [0.2, 0.25) is 5.95 Å². The van der Waals surface area contributed by atoms with E-state index in [1.54, 1.807) is 0 Å². The van der Waals surface area contributed by atoms with Gasteiger partial charge in [-0.05, 0) is 25.0 Å². The Balaban J connectivity index is 1.80. The lowest BCUT2D eigenvalue weighted by molar-refractivity contribution is 0.480. The van der Waals surface area contributed by atoms with Crippen LogP contribution in [0.3, 0.4) is 0 Å². The summed E-state index contributed by atoms with van der Waals surface area (Å²) in [4.78, 5) is 13.2. The molecule has 1 aliphatic rings. The minimum Gasteiger partial charge on any atom is -0.356 e. The van der Waals surface area contributed by atoms with Crippen LogP contribution in [0, 0.1) is 0 Å². The van der Waals surface area contributed by atoms with Gasteiger partial charge in [-0.2, -0.15) is 10.1 Å². The molecule has 1 unspecified atom stereocenters. The second-order valence-electron chi connectivity index (χ2n) is 5.77. The number of aryl methyl sites for hydroxylation is 1. The average Bonchev–Trinajstić information content (AvgIpc) is 2.94. The van der Waals surface area contributed by atoms with Gasteiger partial charge in [0, 0.05) is 58.2 Å². The van der Waals surface area contributed by atoms with Crippen LogP contribution in [0.15, 0.2) is 24.5 Å². The monoisotopic (exact) mass is 286 g/mol. The van der Waals surface area contributed by atoms with E-state index in [2.05, 4.69) is 26.0 Å². The highest BCUT2D eigenvalue weighted by molar-refractivity contribution is 5.44. The summed E-state index contributed by atoms with van der Waals surface area (Å²) in [5.41, 5.74) is 1.31. The van der Waals surface area contributed by atoms with Gasteiger partial charge < -0.3 is 9.80 Å². The highest BCUT2D eigenvalue weighted by atomic mass is 15.3. The van der Waals surface area contributed by atoms with Gasteiger partial charge in [0.05, 0.1) is 0 Å². The molecule has 0 saturated carbocycles. The SMILES string of the molecule is CN(C)c1nccc(N2CCCC(c3ccnn3C)C2)n1. The van der Waals surface area contributed by atoms with Crippen molar-refractivity contribution in [3.05, 3.63) is 30.2 Å². The highest BCUT2D eigenvalue weighted by Crippen LogP contribution is 2.29. The third kappa shape index (κ3) is 2.84. The van der Waals surface area contributed by atoms with Crippen molar-refractivity contribution in [2.75, 3.05) is 37.0 Å².